The molecule has 1 fully saturated rings. The van der Waals surface area contributed by atoms with E-state index in [2.05, 4.69) is 4.40 Å². The molecule has 0 saturated heterocycles. The summed E-state index contributed by atoms with van der Waals surface area (Å²) in [7, 11) is 1.80. The highest BCUT2D eigenvalue weighted by Gasteiger charge is 2.28. The minimum Gasteiger partial charge on any atom is -0.591 e. The first kappa shape index (κ1) is 19.1. The van der Waals surface area contributed by atoms with Crippen LogP contribution in [0.15, 0.2) is 21.3 Å². The van der Waals surface area contributed by atoms with E-state index < -0.39 is 16.1 Å². The van der Waals surface area contributed by atoms with Gasteiger partial charge in [0.1, 0.15) is 21.9 Å². The number of hydrogen-bond donors (Lipinski definition) is 0. The maximum Gasteiger partial charge on any atom is 0.261 e. The Labute approximate surface area is 157 Å². The van der Waals surface area contributed by atoms with E-state index in [-0.39, 0.29) is 5.56 Å². The van der Waals surface area contributed by atoms with Gasteiger partial charge in [-0.05, 0) is 71.1 Å². The zero-order valence-corrected chi connectivity index (χ0v) is 17.2. The Balaban J connectivity index is 2.19. The van der Waals surface area contributed by atoms with Crippen molar-refractivity contribution < 1.29 is 4.55 Å². The zero-order chi connectivity index (χ0) is 19.2. The van der Waals surface area contributed by atoms with Crippen LogP contribution in [0.3, 0.4) is 0 Å². The van der Waals surface area contributed by atoms with Crippen molar-refractivity contribution in [1.82, 2.24) is 9.55 Å². The highest BCUT2D eigenvalue weighted by atomic mass is 32.2. The first-order chi connectivity index (χ1) is 12.1. The Morgan fingerprint density at radius 2 is 2.04 bits per heavy atom. The smallest absolute Gasteiger partial charge is 0.261 e. The standard InChI is InChI=1S/C20H27N3O2S/c1-12-9-15(13(2)22-26(25)20(3,4)5)18-16(10-12)19(24)23(6)17(21-18)11-14-7-8-14/h9-10,14H,7-8,11H2,1-6H3/b22-13-/t26-/m1/s1. The van der Waals surface area contributed by atoms with E-state index in [4.69, 9.17) is 4.98 Å². The second-order valence-electron chi connectivity index (χ2n) is 8.29. The van der Waals surface area contributed by atoms with Crippen LogP contribution in [-0.4, -0.2) is 24.6 Å². The molecule has 3 rings (SSSR count). The lowest BCUT2D eigenvalue weighted by Gasteiger charge is -2.19. The number of nitrogens with zero attached hydrogens (tertiary/aromatic N) is 3. The SMILES string of the molecule is C/C(=N/[S@+]([O-])C(C)(C)C)c1cc(C)cc2c(=O)n(C)c(CC3CC3)nc12. The fourth-order valence-electron chi connectivity index (χ4n) is 2.91. The van der Waals surface area contributed by atoms with Gasteiger partial charge in [-0.25, -0.2) is 4.98 Å². The Morgan fingerprint density at radius 1 is 1.38 bits per heavy atom. The molecule has 5 nitrogen and oxygen atoms in total. The van der Waals surface area contributed by atoms with Gasteiger partial charge in [0, 0.05) is 19.0 Å². The molecule has 1 saturated carbocycles. The summed E-state index contributed by atoms with van der Waals surface area (Å²) in [6.45, 7) is 9.49. The number of aryl methyl sites for hydroxylation is 1. The topological polar surface area (TPSA) is 70.3 Å². The van der Waals surface area contributed by atoms with Gasteiger partial charge in [-0.1, -0.05) is 4.40 Å². The molecule has 1 aromatic heterocycles. The molecule has 140 valence electrons. The molecule has 0 spiro atoms. The van der Waals surface area contributed by atoms with E-state index in [0.29, 0.717) is 22.5 Å². The predicted molar refractivity (Wildman–Crippen MR) is 108 cm³/mol. The van der Waals surface area contributed by atoms with Crippen LogP contribution in [0.4, 0.5) is 0 Å². The molecule has 0 unspecified atom stereocenters. The van der Waals surface area contributed by atoms with Gasteiger partial charge in [0.25, 0.3) is 5.56 Å². The minimum absolute atomic E-state index is 0.0275. The van der Waals surface area contributed by atoms with Gasteiger partial charge >= 0.3 is 0 Å². The summed E-state index contributed by atoms with van der Waals surface area (Å²) in [5, 5.41) is 0.595. The van der Waals surface area contributed by atoms with Gasteiger partial charge < -0.3 is 4.55 Å². The van der Waals surface area contributed by atoms with Crippen LogP contribution in [0.25, 0.3) is 10.9 Å². The molecule has 6 heteroatoms. The van der Waals surface area contributed by atoms with Crippen LogP contribution in [0, 0.1) is 12.8 Å². The molecule has 0 bridgehead atoms. The summed E-state index contributed by atoms with van der Waals surface area (Å²) in [6, 6.07) is 3.86. The quantitative estimate of drug-likeness (QED) is 0.609. The lowest BCUT2D eigenvalue weighted by atomic mass is 10.0. The maximum absolute atomic E-state index is 12.9. The fourth-order valence-corrected chi connectivity index (χ4v) is 3.53. The third-order valence-corrected chi connectivity index (χ3v) is 6.21. The molecule has 0 aliphatic heterocycles. The third kappa shape index (κ3) is 3.86. The van der Waals surface area contributed by atoms with Crippen molar-refractivity contribution in [2.24, 2.45) is 17.4 Å². The maximum atomic E-state index is 12.9. The van der Waals surface area contributed by atoms with Gasteiger partial charge in [-0.3, -0.25) is 9.36 Å². The molecule has 0 radical (unpaired) electrons. The minimum atomic E-state index is -1.35. The first-order valence-electron chi connectivity index (χ1n) is 9.06. The Bertz CT molecular complexity index is 937. The molecule has 1 atom stereocenters. The van der Waals surface area contributed by atoms with Crippen LogP contribution >= 0.6 is 0 Å². The monoisotopic (exact) mass is 373 g/mol. The lowest BCUT2D eigenvalue weighted by molar-refractivity contribution is 0.561. The van der Waals surface area contributed by atoms with Crippen molar-refractivity contribution in [2.75, 3.05) is 0 Å². The summed E-state index contributed by atoms with van der Waals surface area (Å²) < 4.78 is 18.1. The molecule has 1 heterocycles. The molecular weight excluding hydrogens is 346 g/mol. The average molecular weight is 374 g/mol. The van der Waals surface area contributed by atoms with Crippen LogP contribution in [-0.2, 0) is 24.8 Å². The summed E-state index contributed by atoms with van der Waals surface area (Å²) in [6.07, 6.45) is 3.25. The number of aromatic nitrogens is 2. The molecule has 2 aromatic rings. The van der Waals surface area contributed by atoms with E-state index in [1.807, 2.05) is 46.8 Å². The van der Waals surface area contributed by atoms with E-state index in [9.17, 15) is 9.35 Å². The van der Waals surface area contributed by atoms with Crippen LogP contribution in [0.1, 0.15) is 57.5 Å². The van der Waals surface area contributed by atoms with Gasteiger partial charge in [0.15, 0.2) is 0 Å². The van der Waals surface area contributed by atoms with Crippen molar-refractivity contribution >= 4 is 28.0 Å². The van der Waals surface area contributed by atoms with Gasteiger partial charge in [-0.15, -0.1) is 0 Å². The Morgan fingerprint density at radius 3 is 2.62 bits per heavy atom. The van der Waals surface area contributed by atoms with Crippen molar-refractivity contribution in [3.8, 4) is 0 Å². The first-order valence-corrected chi connectivity index (χ1v) is 10.2. The third-order valence-electron chi connectivity index (χ3n) is 4.72. The van der Waals surface area contributed by atoms with Crippen molar-refractivity contribution in [3.63, 3.8) is 0 Å². The number of hydrogen-bond acceptors (Lipinski definition) is 4. The van der Waals surface area contributed by atoms with Crippen LogP contribution in [0.5, 0.6) is 0 Å². The Kier molecular flexibility index (Phi) is 5.01. The lowest BCUT2D eigenvalue weighted by Crippen LogP contribution is -2.27. The molecule has 26 heavy (non-hydrogen) atoms. The predicted octanol–water partition coefficient (Wildman–Crippen LogP) is 3.47. The molecule has 0 amide bonds. The Hall–Kier alpha value is -1.66. The number of rotatable bonds is 4. The summed E-state index contributed by atoms with van der Waals surface area (Å²) in [4.78, 5) is 17.7. The summed E-state index contributed by atoms with van der Waals surface area (Å²) >= 11 is -1.35. The van der Waals surface area contributed by atoms with Crippen LogP contribution < -0.4 is 5.56 Å². The average Bonchev–Trinajstić information content (AvgIpc) is 3.35. The molecule has 0 N–H and O–H groups in total. The summed E-state index contributed by atoms with van der Waals surface area (Å²) in [5.41, 5.74) is 3.07. The van der Waals surface area contributed by atoms with E-state index in [0.717, 1.165) is 23.4 Å². The molecular formula is C20H27N3O2S. The van der Waals surface area contributed by atoms with Crippen molar-refractivity contribution in [2.45, 2.75) is 58.6 Å². The normalized spacial score (nSPS) is 17.0. The molecule has 1 aliphatic carbocycles. The van der Waals surface area contributed by atoms with Crippen LogP contribution in [0.2, 0.25) is 0 Å². The van der Waals surface area contributed by atoms with Gasteiger partial charge in [-0.2, -0.15) is 0 Å². The molecule has 1 aromatic carbocycles. The van der Waals surface area contributed by atoms with E-state index >= 15 is 0 Å². The van der Waals surface area contributed by atoms with E-state index in [1.165, 1.54) is 12.8 Å². The highest BCUT2D eigenvalue weighted by molar-refractivity contribution is 7.91. The summed E-state index contributed by atoms with van der Waals surface area (Å²) in [5.74, 6) is 1.46. The fraction of sp³-hybridized carbons (Fsp3) is 0.550. The van der Waals surface area contributed by atoms with Crippen molar-refractivity contribution in [1.29, 1.82) is 0 Å². The second-order valence-corrected chi connectivity index (χ2v) is 10.2. The molecule has 1 aliphatic rings. The number of fused-ring (bicyclic) bond motifs is 1. The highest BCUT2D eigenvalue weighted by Crippen LogP contribution is 2.32. The second kappa shape index (κ2) is 6.82. The van der Waals surface area contributed by atoms with Gasteiger partial charge in [0.2, 0.25) is 0 Å². The largest absolute Gasteiger partial charge is 0.591 e. The van der Waals surface area contributed by atoms with E-state index in [1.54, 1.807) is 11.6 Å². The van der Waals surface area contributed by atoms with Gasteiger partial charge in [0.05, 0.1) is 16.6 Å². The zero-order valence-electron chi connectivity index (χ0n) is 16.4. The van der Waals surface area contributed by atoms with Crippen molar-refractivity contribution in [3.05, 3.63) is 39.4 Å². The number of benzene rings is 1.